The standard InChI is InChI=1S/C29H36FN5O3/c1-20(2)33-13-6-14-35(21(3)36)27-17-24(30)10-7-23(27)19-34(16-15-33)29(37)28-18-26(31-32(28)4)22-8-11-25(38-5)12-9-22/h7-12,17-18,20H,6,13-16,19H2,1-5H3. The predicted octanol–water partition coefficient (Wildman–Crippen LogP) is 4.34. The van der Waals surface area contributed by atoms with E-state index in [1.165, 1.54) is 19.1 Å². The molecule has 9 heteroatoms. The average Bonchev–Trinajstić information content (AvgIpc) is 3.27. The number of hydrogen-bond acceptors (Lipinski definition) is 5. The molecule has 1 aromatic heterocycles. The van der Waals surface area contributed by atoms with Crippen molar-refractivity contribution in [2.24, 2.45) is 7.05 Å². The molecular weight excluding hydrogens is 485 g/mol. The van der Waals surface area contributed by atoms with Crippen molar-refractivity contribution < 1.29 is 18.7 Å². The Balaban J connectivity index is 1.71. The van der Waals surface area contributed by atoms with Crippen molar-refractivity contribution in [3.8, 4) is 17.0 Å². The Labute approximate surface area is 223 Å². The lowest BCUT2D eigenvalue weighted by Gasteiger charge is -2.30. The molecule has 0 saturated carbocycles. The molecule has 0 radical (unpaired) electrons. The Morgan fingerprint density at radius 1 is 1.00 bits per heavy atom. The van der Waals surface area contributed by atoms with Gasteiger partial charge in [-0.1, -0.05) is 6.07 Å². The van der Waals surface area contributed by atoms with E-state index in [-0.39, 0.29) is 24.4 Å². The average molecular weight is 522 g/mol. The molecule has 0 aliphatic carbocycles. The molecule has 1 aliphatic heterocycles. The fourth-order valence-electron chi connectivity index (χ4n) is 4.87. The summed E-state index contributed by atoms with van der Waals surface area (Å²) >= 11 is 0. The van der Waals surface area contributed by atoms with E-state index in [2.05, 4.69) is 23.8 Å². The smallest absolute Gasteiger partial charge is 0.272 e. The number of carbonyl (C=O) groups excluding carboxylic acids is 2. The fourth-order valence-corrected chi connectivity index (χ4v) is 4.87. The molecule has 4 rings (SSSR count). The van der Waals surface area contributed by atoms with Crippen molar-refractivity contribution in [1.82, 2.24) is 19.6 Å². The summed E-state index contributed by atoms with van der Waals surface area (Å²) in [7, 11) is 3.37. The van der Waals surface area contributed by atoms with Crippen LogP contribution in [0.15, 0.2) is 48.5 Å². The van der Waals surface area contributed by atoms with Gasteiger partial charge in [0.05, 0.1) is 18.5 Å². The van der Waals surface area contributed by atoms with Gasteiger partial charge in [0.15, 0.2) is 0 Å². The van der Waals surface area contributed by atoms with Crippen LogP contribution in [0.3, 0.4) is 0 Å². The quantitative estimate of drug-likeness (QED) is 0.511. The summed E-state index contributed by atoms with van der Waals surface area (Å²) in [6.07, 6.45) is 0.745. The van der Waals surface area contributed by atoms with Crippen LogP contribution >= 0.6 is 0 Å². The number of rotatable bonds is 4. The Morgan fingerprint density at radius 3 is 2.39 bits per heavy atom. The minimum Gasteiger partial charge on any atom is -0.497 e. The maximum atomic E-state index is 14.3. The van der Waals surface area contributed by atoms with Gasteiger partial charge in [0.1, 0.15) is 17.3 Å². The second-order valence-corrected chi connectivity index (χ2v) is 9.92. The van der Waals surface area contributed by atoms with Crippen molar-refractivity contribution in [2.45, 2.75) is 39.8 Å². The normalized spacial score (nSPS) is 15.2. The minimum atomic E-state index is -0.415. The summed E-state index contributed by atoms with van der Waals surface area (Å²) in [5.41, 5.74) is 3.25. The number of fused-ring (bicyclic) bond motifs is 1. The van der Waals surface area contributed by atoms with Gasteiger partial charge in [-0.25, -0.2) is 4.39 Å². The van der Waals surface area contributed by atoms with Crippen LogP contribution in [0, 0.1) is 5.82 Å². The molecule has 0 fully saturated rings. The molecule has 202 valence electrons. The molecular formula is C29H36FN5O3. The van der Waals surface area contributed by atoms with Crippen LogP contribution in [0.5, 0.6) is 5.75 Å². The Morgan fingerprint density at radius 2 is 1.74 bits per heavy atom. The summed E-state index contributed by atoms with van der Waals surface area (Å²) in [6.45, 7) is 8.40. The maximum Gasteiger partial charge on any atom is 0.272 e. The van der Waals surface area contributed by atoms with Crippen molar-refractivity contribution in [1.29, 1.82) is 0 Å². The van der Waals surface area contributed by atoms with Crippen molar-refractivity contribution in [3.63, 3.8) is 0 Å². The van der Waals surface area contributed by atoms with E-state index in [0.717, 1.165) is 29.8 Å². The Hall–Kier alpha value is -3.72. The first-order valence-corrected chi connectivity index (χ1v) is 13.0. The van der Waals surface area contributed by atoms with Crippen LogP contribution in [0.1, 0.15) is 43.2 Å². The molecule has 0 spiro atoms. The van der Waals surface area contributed by atoms with Crippen LogP contribution < -0.4 is 9.64 Å². The number of halogens is 1. The maximum absolute atomic E-state index is 14.3. The number of benzene rings is 2. The van der Waals surface area contributed by atoms with Gasteiger partial charge in [-0.05, 0) is 68.3 Å². The first-order chi connectivity index (χ1) is 18.2. The molecule has 2 heterocycles. The summed E-state index contributed by atoms with van der Waals surface area (Å²) in [5, 5.41) is 4.59. The molecule has 0 bridgehead atoms. The molecule has 3 aromatic rings. The van der Waals surface area contributed by atoms with E-state index in [9.17, 15) is 14.0 Å². The third-order valence-corrected chi connectivity index (χ3v) is 7.07. The third kappa shape index (κ3) is 6.05. The van der Waals surface area contributed by atoms with Crippen LogP contribution in [0.2, 0.25) is 0 Å². The molecule has 0 atom stereocenters. The number of nitrogens with zero attached hydrogens (tertiary/aromatic N) is 5. The molecule has 38 heavy (non-hydrogen) atoms. The van der Waals surface area contributed by atoms with E-state index in [4.69, 9.17) is 4.74 Å². The van der Waals surface area contributed by atoms with E-state index in [0.29, 0.717) is 36.7 Å². The predicted molar refractivity (Wildman–Crippen MR) is 146 cm³/mol. The van der Waals surface area contributed by atoms with Gasteiger partial charge in [-0.2, -0.15) is 5.10 Å². The van der Waals surface area contributed by atoms with Crippen molar-refractivity contribution in [3.05, 3.63) is 65.6 Å². The molecule has 2 aromatic carbocycles. The van der Waals surface area contributed by atoms with Gasteiger partial charge in [-0.3, -0.25) is 19.2 Å². The van der Waals surface area contributed by atoms with Crippen LogP contribution in [-0.4, -0.2) is 70.7 Å². The topological polar surface area (TPSA) is 70.9 Å². The lowest BCUT2D eigenvalue weighted by Crippen LogP contribution is -2.41. The summed E-state index contributed by atoms with van der Waals surface area (Å²) < 4.78 is 21.2. The number of carbonyl (C=O) groups is 2. The zero-order chi connectivity index (χ0) is 27.4. The van der Waals surface area contributed by atoms with E-state index >= 15 is 0 Å². The largest absolute Gasteiger partial charge is 0.497 e. The first-order valence-electron chi connectivity index (χ1n) is 13.0. The summed E-state index contributed by atoms with van der Waals surface area (Å²) in [4.78, 5) is 32.2. The zero-order valence-corrected chi connectivity index (χ0v) is 22.8. The number of methoxy groups -OCH3 is 1. The first kappa shape index (κ1) is 27.3. The highest BCUT2D eigenvalue weighted by atomic mass is 19.1. The second kappa shape index (κ2) is 11.8. The highest BCUT2D eigenvalue weighted by Gasteiger charge is 2.26. The van der Waals surface area contributed by atoms with Crippen molar-refractivity contribution >= 4 is 17.5 Å². The monoisotopic (exact) mass is 521 g/mol. The number of aromatic nitrogens is 2. The van der Waals surface area contributed by atoms with Crippen LogP contribution in [0.25, 0.3) is 11.3 Å². The van der Waals surface area contributed by atoms with E-state index in [1.807, 2.05) is 24.3 Å². The molecule has 2 amide bonds. The highest BCUT2D eigenvalue weighted by molar-refractivity contribution is 5.95. The molecule has 8 nitrogen and oxygen atoms in total. The SMILES string of the molecule is COc1ccc(-c2cc(C(=O)N3CCN(C(C)C)CCCN(C(C)=O)c4cc(F)ccc4C3)n(C)n2)cc1. The number of ether oxygens (including phenoxy) is 1. The molecule has 0 unspecified atom stereocenters. The number of hydrogen-bond donors (Lipinski definition) is 0. The Kier molecular flexibility index (Phi) is 8.46. The van der Waals surface area contributed by atoms with Crippen LogP contribution in [-0.2, 0) is 18.4 Å². The van der Waals surface area contributed by atoms with Gasteiger partial charge >= 0.3 is 0 Å². The van der Waals surface area contributed by atoms with Crippen LogP contribution in [0.4, 0.5) is 10.1 Å². The number of aryl methyl sites for hydroxylation is 1. The summed E-state index contributed by atoms with van der Waals surface area (Å²) in [6, 6.07) is 14.0. The lowest BCUT2D eigenvalue weighted by molar-refractivity contribution is -0.116. The highest BCUT2D eigenvalue weighted by Crippen LogP contribution is 2.27. The number of anilines is 1. The minimum absolute atomic E-state index is 0.152. The van der Waals surface area contributed by atoms with Gasteiger partial charge in [-0.15, -0.1) is 0 Å². The van der Waals surface area contributed by atoms with Crippen molar-refractivity contribution in [2.75, 3.05) is 38.2 Å². The van der Waals surface area contributed by atoms with Gasteiger partial charge in [0.25, 0.3) is 5.91 Å². The van der Waals surface area contributed by atoms with Gasteiger partial charge < -0.3 is 14.5 Å². The van der Waals surface area contributed by atoms with E-state index < -0.39 is 5.82 Å². The van der Waals surface area contributed by atoms with Gasteiger partial charge in [0, 0.05) is 58.3 Å². The Bertz CT molecular complexity index is 1290. The molecule has 0 N–H and O–H groups in total. The zero-order valence-electron chi connectivity index (χ0n) is 22.8. The lowest BCUT2D eigenvalue weighted by atomic mass is 10.1. The summed E-state index contributed by atoms with van der Waals surface area (Å²) in [5.74, 6) is 0.00412. The number of amides is 2. The van der Waals surface area contributed by atoms with Gasteiger partial charge in [0.2, 0.25) is 5.91 Å². The van der Waals surface area contributed by atoms with E-state index in [1.54, 1.807) is 40.8 Å². The third-order valence-electron chi connectivity index (χ3n) is 7.07. The second-order valence-electron chi connectivity index (χ2n) is 9.92. The molecule has 0 saturated heterocycles. The molecule has 1 aliphatic rings. The fraction of sp³-hybridized carbons (Fsp3) is 0.414.